The highest BCUT2D eigenvalue weighted by molar-refractivity contribution is 9.10. The topological polar surface area (TPSA) is 72.2 Å². The summed E-state index contributed by atoms with van der Waals surface area (Å²) in [5, 5.41) is 0. The third-order valence-electron chi connectivity index (χ3n) is 2.69. The molecule has 0 aliphatic heterocycles. The molecule has 0 saturated heterocycles. The number of benzene rings is 2. The summed E-state index contributed by atoms with van der Waals surface area (Å²) in [5.41, 5.74) is 5.85. The zero-order valence-corrected chi connectivity index (χ0v) is 13.0. The van der Waals surface area contributed by atoms with Crippen LogP contribution in [0.2, 0.25) is 0 Å². The van der Waals surface area contributed by atoms with Gasteiger partial charge in [0.2, 0.25) is 10.0 Å². The summed E-state index contributed by atoms with van der Waals surface area (Å²) < 4.78 is 53.9. The van der Waals surface area contributed by atoms with Crippen LogP contribution in [0.25, 0.3) is 0 Å². The molecule has 0 aromatic heterocycles. The summed E-state index contributed by atoms with van der Waals surface area (Å²) in [6, 6.07) is 8.48. The van der Waals surface area contributed by atoms with E-state index in [2.05, 4.69) is 20.7 Å². The predicted octanol–water partition coefficient (Wildman–Crippen LogP) is 2.79. The van der Waals surface area contributed by atoms with E-state index in [4.69, 9.17) is 5.73 Å². The SMILES string of the molecule is Nc1cc(F)c(F)c(S(=O)(=O)NCc2ccc(Br)cc2)c1. The van der Waals surface area contributed by atoms with Crippen molar-refractivity contribution < 1.29 is 17.2 Å². The lowest BCUT2D eigenvalue weighted by molar-refractivity contribution is 0.484. The Morgan fingerprint density at radius 2 is 1.76 bits per heavy atom. The zero-order valence-electron chi connectivity index (χ0n) is 10.6. The number of nitrogens with two attached hydrogens (primary N) is 1. The van der Waals surface area contributed by atoms with Gasteiger partial charge in [0.25, 0.3) is 0 Å². The second kappa shape index (κ2) is 6.08. The van der Waals surface area contributed by atoms with Gasteiger partial charge < -0.3 is 5.73 Å². The number of nitrogen functional groups attached to an aromatic ring is 1. The molecule has 2 rings (SSSR count). The van der Waals surface area contributed by atoms with Crippen molar-refractivity contribution in [1.82, 2.24) is 4.72 Å². The van der Waals surface area contributed by atoms with Crippen LogP contribution < -0.4 is 10.5 Å². The smallest absolute Gasteiger partial charge is 0.243 e. The summed E-state index contributed by atoms with van der Waals surface area (Å²) in [5.74, 6) is -2.76. The van der Waals surface area contributed by atoms with Crippen LogP contribution >= 0.6 is 15.9 Å². The van der Waals surface area contributed by atoms with E-state index in [9.17, 15) is 17.2 Å². The molecule has 0 saturated carbocycles. The molecule has 8 heteroatoms. The number of anilines is 1. The van der Waals surface area contributed by atoms with Crippen molar-refractivity contribution in [2.24, 2.45) is 0 Å². The first-order valence-electron chi connectivity index (χ1n) is 5.78. The first-order valence-corrected chi connectivity index (χ1v) is 8.06. The molecule has 0 aliphatic rings. The average molecular weight is 377 g/mol. The van der Waals surface area contributed by atoms with E-state index in [0.717, 1.165) is 16.6 Å². The third-order valence-corrected chi connectivity index (χ3v) is 4.62. The van der Waals surface area contributed by atoms with Crippen LogP contribution in [0.15, 0.2) is 45.8 Å². The molecule has 0 fully saturated rings. The fourth-order valence-electron chi connectivity index (χ4n) is 1.64. The number of nitrogens with one attached hydrogen (secondary N) is 1. The fourth-order valence-corrected chi connectivity index (χ4v) is 3.04. The summed E-state index contributed by atoms with van der Waals surface area (Å²) >= 11 is 3.25. The molecule has 4 nitrogen and oxygen atoms in total. The van der Waals surface area contributed by atoms with Gasteiger partial charge in [0.1, 0.15) is 4.90 Å². The first kappa shape index (κ1) is 15.9. The van der Waals surface area contributed by atoms with Crippen molar-refractivity contribution in [3.63, 3.8) is 0 Å². The number of hydrogen-bond acceptors (Lipinski definition) is 3. The lowest BCUT2D eigenvalue weighted by Gasteiger charge is -2.09. The van der Waals surface area contributed by atoms with Crippen LogP contribution in [0.3, 0.4) is 0 Å². The quantitative estimate of drug-likeness (QED) is 0.805. The maximum Gasteiger partial charge on any atom is 0.243 e. The third kappa shape index (κ3) is 3.78. The molecule has 21 heavy (non-hydrogen) atoms. The Hall–Kier alpha value is -1.51. The monoisotopic (exact) mass is 376 g/mol. The Bertz CT molecular complexity index is 764. The van der Waals surface area contributed by atoms with Gasteiger partial charge in [-0.2, -0.15) is 0 Å². The van der Waals surface area contributed by atoms with Crippen molar-refractivity contribution >= 4 is 31.6 Å². The van der Waals surface area contributed by atoms with Gasteiger partial charge in [-0.1, -0.05) is 28.1 Å². The van der Waals surface area contributed by atoms with Crippen LogP contribution in [0.5, 0.6) is 0 Å². The van der Waals surface area contributed by atoms with Gasteiger partial charge in [-0.3, -0.25) is 0 Å². The van der Waals surface area contributed by atoms with Crippen molar-refractivity contribution in [2.75, 3.05) is 5.73 Å². The molecular formula is C13H11BrF2N2O2S. The highest BCUT2D eigenvalue weighted by Gasteiger charge is 2.22. The molecule has 0 spiro atoms. The van der Waals surface area contributed by atoms with E-state index < -0.39 is 26.6 Å². The van der Waals surface area contributed by atoms with Gasteiger partial charge in [0.15, 0.2) is 11.6 Å². The van der Waals surface area contributed by atoms with Gasteiger partial charge >= 0.3 is 0 Å². The molecule has 0 heterocycles. The van der Waals surface area contributed by atoms with Crippen molar-refractivity contribution in [3.05, 3.63) is 58.1 Å². The molecule has 2 aromatic rings. The van der Waals surface area contributed by atoms with Gasteiger partial charge in [-0.05, 0) is 29.8 Å². The standard InChI is InChI=1S/C13H11BrF2N2O2S/c14-9-3-1-8(2-4-9)7-18-21(19,20)12-6-10(17)5-11(15)13(12)16/h1-6,18H,7,17H2. The minimum atomic E-state index is -4.20. The van der Waals surface area contributed by atoms with Crippen LogP contribution in [0.1, 0.15) is 5.56 Å². The van der Waals surface area contributed by atoms with E-state index >= 15 is 0 Å². The van der Waals surface area contributed by atoms with Crippen molar-refractivity contribution in [1.29, 1.82) is 0 Å². The van der Waals surface area contributed by atoms with Crippen LogP contribution in [0, 0.1) is 11.6 Å². The number of hydrogen-bond donors (Lipinski definition) is 2. The fraction of sp³-hybridized carbons (Fsp3) is 0.0769. The van der Waals surface area contributed by atoms with E-state index in [1.807, 2.05) is 0 Å². The van der Waals surface area contributed by atoms with Gasteiger partial charge in [-0.15, -0.1) is 0 Å². The molecule has 0 aliphatic carbocycles. The minimum absolute atomic E-state index is 0.0501. The maximum absolute atomic E-state index is 13.6. The summed E-state index contributed by atoms with van der Waals surface area (Å²) in [6.07, 6.45) is 0. The largest absolute Gasteiger partial charge is 0.399 e. The van der Waals surface area contributed by atoms with E-state index in [1.54, 1.807) is 24.3 Å². The maximum atomic E-state index is 13.6. The van der Waals surface area contributed by atoms with Crippen LogP contribution in [0.4, 0.5) is 14.5 Å². The first-order chi connectivity index (χ1) is 9.79. The lowest BCUT2D eigenvalue weighted by Crippen LogP contribution is -2.24. The van der Waals surface area contributed by atoms with E-state index in [-0.39, 0.29) is 12.2 Å². The Balaban J connectivity index is 2.25. The molecule has 2 aromatic carbocycles. The molecule has 0 amide bonds. The Kier molecular flexibility index (Phi) is 4.60. The molecular weight excluding hydrogens is 366 g/mol. The summed E-state index contributed by atoms with van der Waals surface area (Å²) in [6.45, 7) is -0.0501. The molecule has 0 unspecified atom stereocenters. The number of rotatable bonds is 4. The number of halogens is 3. The average Bonchev–Trinajstić information content (AvgIpc) is 2.42. The highest BCUT2D eigenvalue weighted by Crippen LogP contribution is 2.21. The predicted molar refractivity (Wildman–Crippen MR) is 78.9 cm³/mol. The Morgan fingerprint density at radius 3 is 2.38 bits per heavy atom. The summed E-state index contributed by atoms with van der Waals surface area (Å²) in [4.78, 5) is -0.808. The molecule has 112 valence electrons. The molecule has 0 bridgehead atoms. The minimum Gasteiger partial charge on any atom is -0.399 e. The van der Waals surface area contributed by atoms with E-state index in [1.165, 1.54) is 0 Å². The van der Waals surface area contributed by atoms with Crippen LogP contribution in [-0.4, -0.2) is 8.42 Å². The highest BCUT2D eigenvalue weighted by atomic mass is 79.9. The summed E-state index contributed by atoms with van der Waals surface area (Å²) in [7, 11) is -4.20. The van der Waals surface area contributed by atoms with Gasteiger partial charge in [0.05, 0.1) is 0 Å². The lowest BCUT2D eigenvalue weighted by atomic mass is 10.2. The van der Waals surface area contributed by atoms with Gasteiger partial charge in [-0.25, -0.2) is 21.9 Å². The molecule has 3 N–H and O–H groups in total. The van der Waals surface area contributed by atoms with Crippen LogP contribution in [-0.2, 0) is 16.6 Å². The van der Waals surface area contributed by atoms with Crippen molar-refractivity contribution in [2.45, 2.75) is 11.4 Å². The zero-order chi connectivity index (χ0) is 15.6. The van der Waals surface area contributed by atoms with Crippen molar-refractivity contribution in [3.8, 4) is 0 Å². The number of sulfonamides is 1. The Morgan fingerprint density at radius 1 is 1.14 bits per heavy atom. The second-order valence-electron chi connectivity index (χ2n) is 4.27. The normalized spacial score (nSPS) is 11.6. The Labute approximate surface area is 129 Å². The second-order valence-corrected chi connectivity index (χ2v) is 6.92. The van der Waals surface area contributed by atoms with Gasteiger partial charge in [0, 0.05) is 16.7 Å². The molecule has 0 radical (unpaired) electrons. The molecule has 0 atom stereocenters. The van der Waals surface area contributed by atoms with E-state index in [0.29, 0.717) is 5.56 Å².